The molecule has 5 heteroatoms. The number of morpholine rings is 1. The van der Waals surface area contributed by atoms with E-state index in [2.05, 4.69) is 4.90 Å². The highest BCUT2D eigenvalue weighted by Crippen LogP contribution is 2.27. The number of ether oxygens (including phenoxy) is 2. The molecule has 19 heavy (non-hydrogen) atoms. The Bertz CT molecular complexity index is 449. The topological polar surface area (TPSA) is 65.7 Å². The maximum Gasteiger partial charge on any atom is 0.205 e. The van der Waals surface area contributed by atoms with Gasteiger partial charge in [0.25, 0.3) is 0 Å². The monoisotopic (exact) mass is 262 g/mol. The van der Waals surface area contributed by atoms with Crippen LogP contribution in [0.1, 0.15) is 12.0 Å². The Labute approximate surface area is 113 Å². The van der Waals surface area contributed by atoms with Crippen molar-refractivity contribution in [3.05, 3.63) is 29.8 Å². The Kier molecular flexibility index (Phi) is 4.38. The summed E-state index contributed by atoms with van der Waals surface area (Å²) < 4.78 is 10.4. The van der Waals surface area contributed by atoms with Crippen LogP contribution in [0, 0.1) is 11.3 Å². The Morgan fingerprint density at radius 3 is 2.53 bits per heavy atom. The molecule has 1 N–H and O–H groups in total. The van der Waals surface area contributed by atoms with Gasteiger partial charge in [-0.15, -0.1) is 0 Å². The van der Waals surface area contributed by atoms with Crippen molar-refractivity contribution in [2.75, 3.05) is 38.3 Å². The molecule has 5 nitrogen and oxygen atoms in total. The van der Waals surface area contributed by atoms with Crippen LogP contribution in [0.25, 0.3) is 0 Å². The molecule has 1 saturated heterocycles. The van der Waals surface area contributed by atoms with E-state index in [9.17, 15) is 5.11 Å². The molecule has 1 aliphatic heterocycles. The first-order valence-electron chi connectivity index (χ1n) is 6.27. The molecule has 0 saturated carbocycles. The summed E-state index contributed by atoms with van der Waals surface area (Å²) in [4.78, 5) is 2.23. The molecule has 0 aliphatic carbocycles. The third-order valence-electron chi connectivity index (χ3n) is 3.35. The van der Waals surface area contributed by atoms with Gasteiger partial charge >= 0.3 is 0 Å². The predicted molar refractivity (Wildman–Crippen MR) is 70.6 cm³/mol. The van der Waals surface area contributed by atoms with Crippen LogP contribution in [-0.4, -0.2) is 38.5 Å². The van der Waals surface area contributed by atoms with Gasteiger partial charge in [0.05, 0.1) is 25.7 Å². The maximum atomic E-state index is 10.2. The molecule has 1 unspecified atom stereocenters. The largest absolute Gasteiger partial charge is 0.378 e. The van der Waals surface area contributed by atoms with E-state index in [-0.39, 0.29) is 6.42 Å². The normalized spacial score (nSPS) is 18.7. The van der Waals surface area contributed by atoms with E-state index in [1.54, 1.807) is 12.1 Å². The van der Waals surface area contributed by atoms with Gasteiger partial charge in [0.1, 0.15) is 0 Å². The van der Waals surface area contributed by atoms with Gasteiger partial charge in [-0.25, -0.2) is 0 Å². The number of nitriles is 1. The Hall–Kier alpha value is -1.61. The second-order valence-electron chi connectivity index (χ2n) is 4.47. The number of benzene rings is 1. The van der Waals surface area contributed by atoms with Crippen LogP contribution in [0.5, 0.6) is 0 Å². The average molecular weight is 262 g/mol. The minimum atomic E-state index is -1.53. The molecule has 1 aliphatic rings. The predicted octanol–water partition coefficient (Wildman–Crippen LogP) is 1.23. The maximum absolute atomic E-state index is 10.2. The highest BCUT2D eigenvalue weighted by atomic mass is 16.6. The average Bonchev–Trinajstić information content (AvgIpc) is 2.48. The molecule has 2 rings (SSSR count). The van der Waals surface area contributed by atoms with Crippen LogP contribution in [0.3, 0.4) is 0 Å². The highest BCUT2D eigenvalue weighted by molar-refractivity contribution is 5.48. The zero-order valence-corrected chi connectivity index (χ0v) is 11.0. The fourth-order valence-corrected chi connectivity index (χ4v) is 2.15. The molecule has 0 aromatic heterocycles. The summed E-state index contributed by atoms with van der Waals surface area (Å²) in [7, 11) is 1.40. The summed E-state index contributed by atoms with van der Waals surface area (Å²) >= 11 is 0. The van der Waals surface area contributed by atoms with Gasteiger partial charge in [-0.2, -0.15) is 5.26 Å². The summed E-state index contributed by atoms with van der Waals surface area (Å²) in [5.41, 5.74) is 1.68. The number of rotatable bonds is 4. The van der Waals surface area contributed by atoms with E-state index in [1.807, 2.05) is 18.2 Å². The molecular formula is C14H18N2O3. The summed E-state index contributed by atoms with van der Waals surface area (Å²) in [6.45, 7) is 3.20. The molecule has 1 aromatic carbocycles. The van der Waals surface area contributed by atoms with Gasteiger partial charge in [-0.05, 0) is 12.1 Å². The van der Waals surface area contributed by atoms with Gasteiger partial charge in [0, 0.05) is 31.5 Å². The fourth-order valence-electron chi connectivity index (χ4n) is 2.15. The van der Waals surface area contributed by atoms with Crippen LogP contribution in [0.4, 0.5) is 5.69 Å². The second kappa shape index (κ2) is 6.02. The molecule has 1 aromatic rings. The van der Waals surface area contributed by atoms with Crippen molar-refractivity contribution in [2.45, 2.75) is 12.2 Å². The van der Waals surface area contributed by atoms with Crippen molar-refractivity contribution < 1.29 is 14.6 Å². The molecule has 102 valence electrons. The number of anilines is 1. The van der Waals surface area contributed by atoms with Crippen molar-refractivity contribution in [1.82, 2.24) is 0 Å². The number of aliphatic hydroxyl groups is 1. The molecule has 1 fully saturated rings. The minimum absolute atomic E-state index is 0.0968. The number of hydrogen-bond donors (Lipinski definition) is 1. The van der Waals surface area contributed by atoms with E-state index >= 15 is 0 Å². The Balaban J connectivity index is 2.15. The van der Waals surface area contributed by atoms with E-state index in [4.69, 9.17) is 14.7 Å². The lowest BCUT2D eigenvalue weighted by molar-refractivity contribution is -0.190. The molecular weight excluding hydrogens is 244 g/mol. The second-order valence-corrected chi connectivity index (χ2v) is 4.47. The molecule has 0 radical (unpaired) electrons. The van der Waals surface area contributed by atoms with E-state index < -0.39 is 5.79 Å². The van der Waals surface area contributed by atoms with E-state index in [0.717, 1.165) is 32.0 Å². The lowest BCUT2D eigenvalue weighted by Gasteiger charge is -2.30. The van der Waals surface area contributed by atoms with Gasteiger partial charge in [0.15, 0.2) is 0 Å². The van der Waals surface area contributed by atoms with E-state index in [1.165, 1.54) is 7.11 Å². The Morgan fingerprint density at radius 2 is 2.00 bits per heavy atom. The third kappa shape index (κ3) is 3.04. The summed E-state index contributed by atoms with van der Waals surface area (Å²) in [6, 6.07) is 9.39. The summed E-state index contributed by atoms with van der Waals surface area (Å²) in [5, 5.41) is 19.0. The number of methoxy groups -OCH3 is 1. The number of nitrogens with zero attached hydrogens (tertiary/aromatic N) is 2. The van der Waals surface area contributed by atoms with Gasteiger partial charge in [-0.1, -0.05) is 12.1 Å². The fraction of sp³-hybridized carbons (Fsp3) is 0.500. The molecule has 0 spiro atoms. The van der Waals surface area contributed by atoms with Crippen LogP contribution in [0.15, 0.2) is 24.3 Å². The first-order chi connectivity index (χ1) is 9.19. The summed E-state index contributed by atoms with van der Waals surface area (Å²) in [6.07, 6.45) is -0.0968. The minimum Gasteiger partial charge on any atom is -0.378 e. The van der Waals surface area contributed by atoms with Gasteiger partial charge < -0.3 is 19.5 Å². The SMILES string of the molecule is COC(O)(CC#N)c1ccc(N2CCOCC2)cc1. The standard InChI is InChI=1S/C14H18N2O3/c1-18-14(17,6-7-15)12-2-4-13(5-3-12)16-8-10-19-11-9-16/h2-5,17H,6,8-11H2,1H3. The van der Waals surface area contributed by atoms with Crippen LogP contribution < -0.4 is 4.90 Å². The van der Waals surface area contributed by atoms with Crippen LogP contribution in [-0.2, 0) is 15.3 Å². The highest BCUT2D eigenvalue weighted by Gasteiger charge is 2.28. The van der Waals surface area contributed by atoms with Crippen molar-refractivity contribution >= 4 is 5.69 Å². The lowest BCUT2D eigenvalue weighted by atomic mass is 10.0. The first kappa shape index (κ1) is 13.8. The van der Waals surface area contributed by atoms with Gasteiger partial charge in [0.2, 0.25) is 5.79 Å². The zero-order valence-electron chi connectivity index (χ0n) is 11.0. The van der Waals surface area contributed by atoms with Crippen LogP contribution >= 0.6 is 0 Å². The number of hydrogen-bond acceptors (Lipinski definition) is 5. The lowest BCUT2D eigenvalue weighted by Crippen LogP contribution is -2.36. The quantitative estimate of drug-likeness (QED) is 0.827. The molecule has 1 heterocycles. The van der Waals surface area contributed by atoms with Crippen molar-refractivity contribution in [2.24, 2.45) is 0 Å². The first-order valence-corrected chi connectivity index (χ1v) is 6.27. The third-order valence-corrected chi connectivity index (χ3v) is 3.35. The summed E-state index contributed by atoms with van der Waals surface area (Å²) in [5.74, 6) is -1.53. The van der Waals surface area contributed by atoms with E-state index in [0.29, 0.717) is 5.56 Å². The smallest absolute Gasteiger partial charge is 0.205 e. The van der Waals surface area contributed by atoms with Crippen molar-refractivity contribution in [3.8, 4) is 6.07 Å². The Morgan fingerprint density at radius 1 is 1.37 bits per heavy atom. The molecule has 0 amide bonds. The van der Waals surface area contributed by atoms with Gasteiger partial charge in [-0.3, -0.25) is 0 Å². The molecule has 1 atom stereocenters. The van der Waals surface area contributed by atoms with Crippen LogP contribution in [0.2, 0.25) is 0 Å². The van der Waals surface area contributed by atoms with Crippen molar-refractivity contribution in [1.29, 1.82) is 5.26 Å². The molecule has 0 bridgehead atoms. The zero-order chi connectivity index (χ0) is 13.7. The van der Waals surface area contributed by atoms with Crippen molar-refractivity contribution in [3.63, 3.8) is 0 Å².